The topological polar surface area (TPSA) is 52.7 Å². The molecular weight excluding hydrogens is 190 g/mol. The van der Waals surface area contributed by atoms with Crippen LogP contribution in [0.3, 0.4) is 0 Å². The van der Waals surface area contributed by atoms with Crippen molar-refractivity contribution in [3.8, 4) is 0 Å². The van der Waals surface area contributed by atoms with E-state index in [1.165, 1.54) is 12.8 Å². The molecule has 0 aromatic rings. The van der Waals surface area contributed by atoms with Gasteiger partial charge in [0, 0.05) is 25.7 Å². The van der Waals surface area contributed by atoms with Gasteiger partial charge in [-0.25, -0.2) is 0 Å². The van der Waals surface area contributed by atoms with Crippen molar-refractivity contribution < 1.29 is 5.11 Å². The van der Waals surface area contributed by atoms with Gasteiger partial charge in [-0.3, -0.25) is 4.90 Å². The number of hydrogen-bond acceptors (Lipinski definition) is 4. The molecule has 1 aliphatic heterocycles. The molecule has 0 aliphatic carbocycles. The largest absolute Gasteiger partial charge is 0.388 e. The van der Waals surface area contributed by atoms with E-state index >= 15 is 0 Å². The third-order valence-corrected chi connectivity index (χ3v) is 3.21. The van der Waals surface area contributed by atoms with Gasteiger partial charge in [0.25, 0.3) is 0 Å². The average Bonchev–Trinajstić information content (AvgIpc) is 2.17. The first-order chi connectivity index (χ1) is 6.94. The predicted molar refractivity (Wildman–Crippen MR) is 62.8 cm³/mol. The van der Waals surface area contributed by atoms with E-state index in [1.807, 2.05) is 6.92 Å². The second-order valence-electron chi connectivity index (χ2n) is 5.20. The van der Waals surface area contributed by atoms with Crippen molar-refractivity contribution in [1.82, 2.24) is 9.80 Å². The quantitative estimate of drug-likeness (QED) is 0.677. The summed E-state index contributed by atoms with van der Waals surface area (Å²) in [6.07, 6.45) is 2.47. The number of rotatable bonds is 4. The summed E-state index contributed by atoms with van der Waals surface area (Å²) in [6.45, 7) is 4.96. The minimum Gasteiger partial charge on any atom is -0.388 e. The van der Waals surface area contributed by atoms with Crippen molar-refractivity contribution >= 4 is 0 Å². The van der Waals surface area contributed by atoms with E-state index in [1.54, 1.807) is 0 Å². The van der Waals surface area contributed by atoms with Gasteiger partial charge < -0.3 is 15.7 Å². The van der Waals surface area contributed by atoms with E-state index in [0.717, 1.165) is 13.1 Å². The van der Waals surface area contributed by atoms with Crippen LogP contribution in [-0.2, 0) is 0 Å². The highest BCUT2D eigenvalue weighted by molar-refractivity contribution is 4.84. The molecule has 0 saturated carbocycles. The maximum atomic E-state index is 9.92. The minimum atomic E-state index is -0.742. The molecule has 1 aliphatic rings. The third-order valence-electron chi connectivity index (χ3n) is 3.21. The molecule has 3 N–H and O–H groups in total. The molecule has 1 fully saturated rings. The lowest BCUT2D eigenvalue weighted by Gasteiger charge is -2.39. The average molecular weight is 215 g/mol. The van der Waals surface area contributed by atoms with Crippen molar-refractivity contribution in [3.05, 3.63) is 0 Å². The Balaban J connectivity index is 2.43. The summed E-state index contributed by atoms with van der Waals surface area (Å²) in [5.41, 5.74) is 4.79. The molecule has 1 saturated heterocycles. The van der Waals surface area contributed by atoms with Gasteiger partial charge in [-0.1, -0.05) is 0 Å². The Kier molecular flexibility index (Phi) is 4.52. The number of nitrogens with zero attached hydrogens (tertiary/aromatic N) is 2. The Bertz CT molecular complexity index is 194. The molecule has 1 heterocycles. The first-order valence-corrected chi connectivity index (χ1v) is 5.76. The van der Waals surface area contributed by atoms with Crippen molar-refractivity contribution in [2.45, 2.75) is 31.4 Å². The lowest BCUT2D eigenvalue weighted by atomic mass is 10.0. The molecule has 0 amide bonds. The van der Waals surface area contributed by atoms with Crippen LogP contribution in [0.4, 0.5) is 0 Å². The fourth-order valence-electron chi connectivity index (χ4n) is 2.14. The molecule has 0 bridgehead atoms. The summed E-state index contributed by atoms with van der Waals surface area (Å²) in [5.74, 6) is 0. The standard InChI is InChI=1S/C11H25N3O/c1-11(15,8-12)9-14-6-4-5-10(7-14)13(2)3/h10,15H,4-9,12H2,1-3H3. The number of piperidine rings is 1. The second kappa shape index (κ2) is 5.25. The molecule has 1 rings (SSSR count). The Morgan fingerprint density at radius 1 is 1.53 bits per heavy atom. The third kappa shape index (κ3) is 4.07. The second-order valence-corrected chi connectivity index (χ2v) is 5.20. The van der Waals surface area contributed by atoms with Crippen molar-refractivity contribution in [1.29, 1.82) is 0 Å². The highest BCUT2D eigenvalue weighted by Gasteiger charge is 2.27. The predicted octanol–water partition coefficient (Wildman–Crippen LogP) is -0.278. The van der Waals surface area contributed by atoms with E-state index in [2.05, 4.69) is 23.9 Å². The van der Waals surface area contributed by atoms with Gasteiger partial charge in [0.05, 0.1) is 5.60 Å². The highest BCUT2D eigenvalue weighted by Crippen LogP contribution is 2.16. The van der Waals surface area contributed by atoms with Gasteiger partial charge in [0.1, 0.15) is 0 Å². The molecule has 0 spiro atoms. The van der Waals surface area contributed by atoms with E-state index in [9.17, 15) is 5.11 Å². The summed E-state index contributed by atoms with van der Waals surface area (Å²) in [6, 6.07) is 0.618. The molecule has 0 aromatic heterocycles. The van der Waals surface area contributed by atoms with Crippen LogP contribution in [0.15, 0.2) is 0 Å². The van der Waals surface area contributed by atoms with Gasteiger partial charge in [0.2, 0.25) is 0 Å². The van der Waals surface area contributed by atoms with Crippen LogP contribution < -0.4 is 5.73 Å². The molecule has 15 heavy (non-hydrogen) atoms. The summed E-state index contributed by atoms with van der Waals surface area (Å²) in [4.78, 5) is 4.59. The monoisotopic (exact) mass is 215 g/mol. The highest BCUT2D eigenvalue weighted by atomic mass is 16.3. The Morgan fingerprint density at radius 2 is 2.20 bits per heavy atom. The minimum absolute atomic E-state index is 0.329. The summed E-state index contributed by atoms with van der Waals surface area (Å²) >= 11 is 0. The Hall–Kier alpha value is -0.160. The number of likely N-dealkylation sites (tertiary alicyclic amines) is 1. The first-order valence-electron chi connectivity index (χ1n) is 5.76. The fraction of sp³-hybridized carbons (Fsp3) is 1.00. The van der Waals surface area contributed by atoms with E-state index in [4.69, 9.17) is 5.73 Å². The normalized spacial score (nSPS) is 28.0. The van der Waals surface area contributed by atoms with Crippen LogP contribution in [0.5, 0.6) is 0 Å². The summed E-state index contributed by atoms with van der Waals surface area (Å²) in [7, 11) is 4.24. The van der Waals surface area contributed by atoms with Gasteiger partial charge in [-0.15, -0.1) is 0 Å². The molecule has 4 heteroatoms. The van der Waals surface area contributed by atoms with Crippen LogP contribution in [0.2, 0.25) is 0 Å². The van der Waals surface area contributed by atoms with Gasteiger partial charge in [-0.2, -0.15) is 0 Å². The molecular formula is C11H25N3O. The van der Waals surface area contributed by atoms with E-state index in [-0.39, 0.29) is 0 Å². The fourth-order valence-corrected chi connectivity index (χ4v) is 2.14. The maximum Gasteiger partial charge on any atom is 0.0867 e. The van der Waals surface area contributed by atoms with Crippen molar-refractivity contribution in [2.75, 3.05) is 40.3 Å². The molecule has 2 unspecified atom stereocenters. The van der Waals surface area contributed by atoms with E-state index in [0.29, 0.717) is 19.1 Å². The molecule has 4 nitrogen and oxygen atoms in total. The van der Waals surface area contributed by atoms with Gasteiger partial charge in [0.15, 0.2) is 0 Å². The maximum absolute atomic E-state index is 9.92. The number of likely N-dealkylation sites (N-methyl/N-ethyl adjacent to an activating group) is 1. The summed E-state index contributed by atoms with van der Waals surface area (Å²) < 4.78 is 0. The molecule has 2 atom stereocenters. The number of nitrogens with two attached hydrogens (primary N) is 1. The van der Waals surface area contributed by atoms with Gasteiger partial charge >= 0.3 is 0 Å². The van der Waals surface area contributed by atoms with E-state index < -0.39 is 5.60 Å². The van der Waals surface area contributed by atoms with Gasteiger partial charge in [-0.05, 0) is 40.4 Å². The summed E-state index contributed by atoms with van der Waals surface area (Å²) in [5, 5.41) is 9.92. The van der Waals surface area contributed by atoms with Crippen LogP contribution in [0, 0.1) is 0 Å². The van der Waals surface area contributed by atoms with Crippen LogP contribution in [0.25, 0.3) is 0 Å². The zero-order valence-electron chi connectivity index (χ0n) is 10.2. The first kappa shape index (κ1) is 12.9. The molecule has 0 aromatic carbocycles. The number of aliphatic hydroxyl groups is 1. The van der Waals surface area contributed by atoms with Crippen molar-refractivity contribution in [3.63, 3.8) is 0 Å². The lowest BCUT2D eigenvalue weighted by molar-refractivity contribution is 0.0100. The van der Waals surface area contributed by atoms with Crippen LogP contribution >= 0.6 is 0 Å². The Labute approximate surface area is 93.0 Å². The zero-order chi connectivity index (χ0) is 11.5. The van der Waals surface area contributed by atoms with Crippen LogP contribution in [0.1, 0.15) is 19.8 Å². The van der Waals surface area contributed by atoms with Crippen molar-refractivity contribution in [2.24, 2.45) is 5.73 Å². The van der Waals surface area contributed by atoms with Crippen LogP contribution in [-0.4, -0.2) is 66.8 Å². The SMILES string of the molecule is CN(C)C1CCCN(CC(C)(O)CN)C1. The number of β-amino-alcohol motifs (C(OH)–C–C–N with tert-alkyl or cyclic N) is 1. The zero-order valence-corrected chi connectivity index (χ0v) is 10.2. The molecule has 90 valence electrons. The smallest absolute Gasteiger partial charge is 0.0867 e. The Morgan fingerprint density at radius 3 is 2.73 bits per heavy atom. The number of hydrogen-bond donors (Lipinski definition) is 2. The molecule has 0 radical (unpaired) electrons. The lowest BCUT2D eigenvalue weighted by Crippen LogP contribution is -2.52.